The molecule has 7 rings (SSSR count). The molecule has 4 aliphatic heterocycles. The molecule has 2 bridgehead atoms. The number of hydrogen-bond donors (Lipinski definition) is 1. The number of β-lactam (4-membered cyclic amide) rings is 1. The second kappa shape index (κ2) is 12.3. The van der Waals surface area contributed by atoms with Gasteiger partial charge in [-0.15, -0.1) is 0 Å². The standard InChI is InChI=1S/C33H38FN2O3.ClH/c34-28-9-11-29(12-10-28)35-32(31(33(35)38)2-1-21-37)27-7-13-30(14-8-27)39-23-26-5-3-25(4-6-26)22-36-18-15-24(16-19-36)17-20-36;/h3-14,24,31-32,37H,1-2,15-23H2;1H/q+1;/p-1/t24?,31-,32-,36?;/m1./s1. The largest absolute Gasteiger partial charge is 1.00 e. The molecule has 4 fully saturated rings. The summed E-state index contributed by atoms with van der Waals surface area (Å²) in [5, 5.41) is 9.31. The number of quaternary nitrogens is 1. The van der Waals surface area contributed by atoms with Gasteiger partial charge in [-0.05, 0) is 85.5 Å². The lowest BCUT2D eigenvalue weighted by molar-refractivity contribution is -0.955. The molecule has 5 nitrogen and oxygen atoms in total. The van der Waals surface area contributed by atoms with Crippen LogP contribution >= 0.6 is 0 Å². The fraction of sp³-hybridized carbons (Fsp3) is 0.424. The zero-order valence-corrected chi connectivity index (χ0v) is 23.6. The Hall–Kier alpha value is -2.93. The zero-order chi connectivity index (χ0) is 26.8. The molecule has 1 N–H and O–H groups in total. The monoisotopic (exact) mass is 564 g/mol. The van der Waals surface area contributed by atoms with Gasteiger partial charge in [0.25, 0.3) is 0 Å². The Labute approximate surface area is 242 Å². The van der Waals surface area contributed by atoms with E-state index in [9.17, 15) is 14.3 Å². The van der Waals surface area contributed by atoms with Crippen LogP contribution in [0.5, 0.6) is 5.75 Å². The Morgan fingerprint density at radius 2 is 1.50 bits per heavy atom. The highest BCUT2D eigenvalue weighted by molar-refractivity contribution is 6.03. The quantitative estimate of drug-likeness (QED) is 0.304. The van der Waals surface area contributed by atoms with E-state index in [1.54, 1.807) is 17.0 Å². The molecule has 4 heterocycles. The average molecular weight is 565 g/mol. The van der Waals surface area contributed by atoms with Crippen molar-refractivity contribution in [2.24, 2.45) is 11.8 Å². The molecule has 4 aliphatic rings. The SMILES string of the molecule is O=C1[C@H](CCCO)[C@@H](c2ccc(OCc3ccc(C[N+]45CCC(CC4)CC5)cc3)cc2)N1c1ccc(F)cc1.[Cl-]. The first-order valence-electron chi connectivity index (χ1n) is 14.4. The van der Waals surface area contributed by atoms with E-state index in [1.807, 2.05) is 24.3 Å². The Morgan fingerprint density at radius 3 is 2.12 bits per heavy atom. The predicted molar refractivity (Wildman–Crippen MR) is 150 cm³/mol. The van der Waals surface area contributed by atoms with Crippen molar-refractivity contribution in [2.45, 2.75) is 51.3 Å². The van der Waals surface area contributed by atoms with Crippen molar-refractivity contribution in [1.29, 1.82) is 0 Å². The molecule has 0 radical (unpaired) electrons. The summed E-state index contributed by atoms with van der Waals surface area (Å²) >= 11 is 0. The lowest BCUT2D eigenvalue weighted by Crippen LogP contribution is -3.00. The number of hydrogen-bond acceptors (Lipinski definition) is 3. The van der Waals surface area contributed by atoms with Crippen LogP contribution in [0.25, 0.3) is 0 Å². The number of carbonyl (C=O) groups excluding carboxylic acids is 1. The molecule has 3 aromatic carbocycles. The molecule has 0 unspecified atom stereocenters. The van der Waals surface area contributed by atoms with Crippen LogP contribution in [0, 0.1) is 17.7 Å². The van der Waals surface area contributed by atoms with Gasteiger partial charge in [-0.2, -0.15) is 0 Å². The number of benzene rings is 3. The first-order chi connectivity index (χ1) is 19.0. The van der Waals surface area contributed by atoms with Crippen LogP contribution < -0.4 is 22.0 Å². The Balaban J connectivity index is 0.00000323. The second-order valence-corrected chi connectivity index (χ2v) is 11.7. The normalized spacial score (nSPS) is 25.3. The summed E-state index contributed by atoms with van der Waals surface area (Å²) in [6.07, 6.45) is 5.39. The van der Waals surface area contributed by atoms with Gasteiger partial charge in [-0.1, -0.05) is 36.4 Å². The molecule has 40 heavy (non-hydrogen) atoms. The number of aliphatic hydroxyl groups excluding tert-OH is 1. The second-order valence-electron chi connectivity index (χ2n) is 11.7. The number of piperidine rings is 3. The molecule has 3 aromatic rings. The van der Waals surface area contributed by atoms with E-state index < -0.39 is 0 Å². The van der Waals surface area contributed by atoms with Gasteiger partial charge in [0.1, 0.15) is 24.7 Å². The number of fused-ring (bicyclic) bond motifs is 3. The lowest BCUT2D eigenvalue weighted by Gasteiger charge is -2.49. The Kier molecular flexibility index (Phi) is 8.79. The molecule has 2 atom stereocenters. The fourth-order valence-corrected chi connectivity index (χ4v) is 6.84. The van der Waals surface area contributed by atoms with Crippen LogP contribution in [0.15, 0.2) is 72.8 Å². The summed E-state index contributed by atoms with van der Waals surface area (Å²) in [7, 11) is 0. The number of amides is 1. The first kappa shape index (κ1) is 28.6. The smallest absolute Gasteiger partial charge is 0.233 e. The summed E-state index contributed by atoms with van der Waals surface area (Å²) < 4.78 is 20.8. The maximum Gasteiger partial charge on any atom is 0.233 e. The molecular formula is C33H38ClFN2O3. The molecule has 1 amide bonds. The highest BCUT2D eigenvalue weighted by atomic mass is 35.5. The number of anilines is 1. The van der Waals surface area contributed by atoms with E-state index in [4.69, 9.17) is 4.74 Å². The highest BCUT2D eigenvalue weighted by Crippen LogP contribution is 2.45. The number of aliphatic hydroxyl groups is 1. The maximum atomic E-state index is 13.5. The van der Waals surface area contributed by atoms with Gasteiger partial charge >= 0.3 is 0 Å². The van der Waals surface area contributed by atoms with Crippen LogP contribution in [-0.2, 0) is 17.9 Å². The number of carbonyl (C=O) groups is 1. The third kappa shape index (κ3) is 5.90. The summed E-state index contributed by atoms with van der Waals surface area (Å²) in [4.78, 5) is 14.7. The predicted octanol–water partition coefficient (Wildman–Crippen LogP) is 3.02. The van der Waals surface area contributed by atoms with Gasteiger partial charge in [-0.3, -0.25) is 4.79 Å². The van der Waals surface area contributed by atoms with Crippen LogP contribution in [0.4, 0.5) is 10.1 Å². The van der Waals surface area contributed by atoms with Gasteiger partial charge in [0.2, 0.25) is 5.91 Å². The van der Waals surface area contributed by atoms with Crippen molar-refractivity contribution in [3.8, 4) is 5.75 Å². The lowest BCUT2D eigenvalue weighted by atomic mass is 9.79. The van der Waals surface area contributed by atoms with Gasteiger partial charge in [0.15, 0.2) is 0 Å². The minimum absolute atomic E-state index is 0. The van der Waals surface area contributed by atoms with E-state index in [2.05, 4.69) is 24.3 Å². The van der Waals surface area contributed by atoms with E-state index in [-0.39, 0.29) is 42.7 Å². The summed E-state index contributed by atoms with van der Waals surface area (Å²) in [5.41, 5.74) is 4.26. The minimum atomic E-state index is -0.328. The third-order valence-electron chi connectivity index (χ3n) is 9.20. The third-order valence-corrected chi connectivity index (χ3v) is 9.20. The highest BCUT2D eigenvalue weighted by Gasteiger charge is 2.48. The molecule has 0 saturated carbocycles. The van der Waals surface area contributed by atoms with E-state index in [0.717, 1.165) is 29.3 Å². The zero-order valence-electron chi connectivity index (χ0n) is 22.9. The van der Waals surface area contributed by atoms with Crippen LogP contribution in [0.2, 0.25) is 0 Å². The van der Waals surface area contributed by atoms with Crippen LogP contribution in [-0.4, -0.2) is 41.7 Å². The number of rotatable bonds is 10. The minimum Gasteiger partial charge on any atom is -1.00 e. The van der Waals surface area contributed by atoms with Crippen molar-refractivity contribution in [3.63, 3.8) is 0 Å². The van der Waals surface area contributed by atoms with Gasteiger partial charge in [0, 0.05) is 17.9 Å². The summed E-state index contributed by atoms with van der Waals surface area (Å²) in [6.45, 7) is 5.72. The van der Waals surface area contributed by atoms with Crippen LogP contribution in [0.1, 0.15) is 54.8 Å². The van der Waals surface area contributed by atoms with Gasteiger partial charge < -0.3 is 31.6 Å². The van der Waals surface area contributed by atoms with Gasteiger partial charge in [0.05, 0.1) is 31.6 Å². The molecule has 7 heteroatoms. The molecule has 0 aliphatic carbocycles. The van der Waals surface area contributed by atoms with Crippen molar-refractivity contribution in [1.82, 2.24) is 0 Å². The summed E-state index contributed by atoms with van der Waals surface area (Å²) in [6, 6.07) is 22.7. The van der Waals surface area contributed by atoms with Gasteiger partial charge in [-0.25, -0.2) is 4.39 Å². The van der Waals surface area contributed by atoms with Crippen LogP contribution in [0.3, 0.4) is 0 Å². The first-order valence-corrected chi connectivity index (χ1v) is 14.4. The van der Waals surface area contributed by atoms with Crippen molar-refractivity contribution >= 4 is 11.6 Å². The Bertz CT molecular complexity index is 1260. The number of halogens is 2. The van der Waals surface area contributed by atoms with Crippen molar-refractivity contribution in [2.75, 3.05) is 31.1 Å². The molecule has 4 saturated heterocycles. The number of nitrogens with zero attached hydrogens (tertiary/aromatic N) is 2. The van der Waals surface area contributed by atoms with Crippen molar-refractivity contribution < 1.29 is 35.9 Å². The molecule has 0 spiro atoms. The van der Waals surface area contributed by atoms with E-state index in [1.165, 1.54) is 61.1 Å². The molecule has 212 valence electrons. The fourth-order valence-electron chi connectivity index (χ4n) is 6.84. The molecule has 0 aromatic heterocycles. The number of ether oxygens (including phenoxy) is 1. The summed E-state index contributed by atoms with van der Waals surface area (Å²) in [5.74, 6) is 1.25. The van der Waals surface area contributed by atoms with E-state index in [0.29, 0.717) is 25.1 Å². The Morgan fingerprint density at radius 1 is 0.875 bits per heavy atom. The molecular weight excluding hydrogens is 527 g/mol. The van der Waals surface area contributed by atoms with E-state index >= 15 is 0 Å². The van der Waals surface area contributed by atoms with Crippen molar-refractivity contribution in [3.05, 3.63) is 95.3 Å². The average Bonchev–Trinajstić information content (AvgIpc) is 2.98. The maximum absolute atomic E-state index is 13.5. The topological polar surface area (TPSA) is 49.8 Å².